The molecule has 0 aliphatic carbocycles. The zero-order valence-electron chi connectivity index (χ0n) is 23.2. The minimum Gasteiger partial charge on any atom is -0.508 e. The van der Waals surface area contributed by atoms with Gasteiger partial charge in [0.25, 0.3) is 17.7 Å². The molecule has 2 saturated heterocycles. The minimum atomic E-state index is -3.30. The Bertz CT molecular complexity index is 1220. The predicted octanol–water partition coefficient (Wildman–Crippen LogP) is 2.24. The lowest BCUT2D eigenvalue weighted by molar-refractivity contribution is -0.147. The number of hydrogen-bond acceptors (Lipinski definition) is 6. The smallest absolute Gasteiger partial charge is 0.267 e. The van der Waals surface area contributed by atoms with Gasteiger partial charge in [-0.3, -0.25) is 14.4 Å². The van der Waals surface area contributed by atoms with Crippen LogP contribution in [0, 0.1) is 6.92 Å². The van der Waals surface area contributed by atoms with Crippen molar-refractivity contribution in [3.05, 3.63) is 65.2 Å². The lowest BCUT2D eigenvalue weighted by atomic mass is 9.98. The van der Waals surface area contributed by atoms with E-state index in [9.17, 15) is 33.4 Å². The van der Waals surface area contributed by atoms with E-state index in [2.05, 4.69) is 15.5 Å². The molecule has 222 valence electrons. The number of aliphatic hydroxyl groups excluding tert-OH is 1. The Labute approximate surface area is 238 Å². The van der Waals surface area contributed by atoms with Gasteiger partial charge in [-0.15, -0.1) is 0 Å². The molecule has 2 fully saturated rings. The van der Waals surface area contributed by atoms with Crippen molar-refractivity contribution in [3.8, 4) is 5.75 Å². The van der Waals surface area contributed by atoms with Gasteiger partial charge >= 0.3 is 0 Å². The summed E-state index contributed by atoms with van der Waals surface area (Å²) in [7, 11) is 0. The summed E-state index contributed by atoms with van der Waals surface area (Å²) in [5, 5.41) is 26.6. The average molecular weight is 573 g/mol. The molecule has 2 aliphatic heterocycles. The number of piperidine rings is 1. The largest absolute Gasteiger partial charge is 0.508 e. The van der Waals surface area contributed by atoms with Crippen LogP contribution in [0.1, 0.15) is 47.2 Å². The van der Waals surface area contributed by atoms with E-state index in [0.29, 0.717) is 17.7 Å². The molecule has 0 bridgehead atoms. The molecule has 2 heterocycles. The molecule has 41 heavy (non-hydrogen) atoms. The highest BCUT2D eigenvalue weighted by molar-refractivity contribution is 5.97. The van der Waals surface area contributed by atoms with E-state index >= 15 is 0 Å². The van der Waals surface area contributed by atoms with Crippen molar-refractivity contribution in [1.82, 2.24) is 20.4 Å². The highest BCUT2D eigenvalue weighted by atomic mass is 19.3. The van der Waals surface area contributed by atoms with Gasteiger partial charge in [-0.25, -0.2) is 8.78 Å². The summed E-state index contributed by atoms with van der Waals surface area (Å²) in [6.07, 6.45) is 0.587. The van der Waals surface area contributed by atoms with Crippen molar-refractivity contribution < 1.29 is 33.4 Å². The number of halogens is 2. The normalized spacial score (nSPS) is 20.3. The summed E-state index contributed by atoms with van der Waals surface area (Å²) in [5.74, 6) is -5.81. The zero-order valence-corrected chi connectivity index (χ0v) is 23.2. The summed E-state index contributed by atoms with van der Waals surface area (Å²) in [6, 6.07) is 10.6. The monoisotopic (exact) mass is 572 g/mol. The number of amides is 3. The third-order valence-corrected chi connectivity index (χ3v) is 7.83. The number of carbonyl (C=O) groups is 3. The molecule has 4 N–H and O–H groups in total. The van der Waals surface area contributed by atoms with Crippen molar-refractivity contribution >= 4 is 17.7 Å². The first kappa shape index (κ1) is 30.4. The fraction of sp³-hybridized carbons (Fsp3) is 0.500. The van der Waals surface area contributed by atoms with Crippen molar-refractivity contribution in [2.45, 2.75) is 63.1 Å². The van der Waals surface area contributed by atoms with Crippen molar-refractivity contribution in [2.24, 2.45) is 0 Å². The molecule has 2 aliphatic rings. The molecule has 2 aromatic rings. The van der Waals surface area contributed by atoms with Crippen LogP contribution in [0.4, 0.5) is 8.78 Å². The van der Waals surface area contributed by atoms with Gasteiger partial charge in [0.15, 0.2) is 6.10 Å². The summed E-state index contributed by atoms with van der Waals surface area (Å²) in [6.45, 7) is 3.24. The maximum absolute atomic E-state index is 14.5. The summed E-state index contributed by atoms with van der Waals surface area (Å²) >= 11 is 0. The molecule has 9 nitrogen and oxygen atoms in total. The van der Waals surface area contributed by atoms with E-state index in [-0.39, 0.29) is 24.3 Å². The minimum absolute atomic E-state index is 0.0221. The zero-order chi connectivity index (χ0) is 29.6. The number of nitrogens with zero attached hydrogens (tertiary/aromatic N) is 2. The lowest BCUT2D eigenvalue weighted by Crippen LogP contribution is -2.56. The van der Waals surface area contributed by atoms with Gasteiger partial charge in [-0.2, -0.15) is 0 Å². The molecule has 0 spiro atoms. The van der Waals surface area contributed by atoms with Crippen LogP contribution < -0.4 is 10.6 Å². The highest BCUT2D eigenvalue weighted by Gasteiger charge is 2.51. The van der Waals surface area contributed by atoms with E-state index in [1.807, 2.05) is 0 Å². The van der Waals surface area contributed by atoms with Crippen LogP contribution in [0.25, 0.3) is 0 Å². The number of aliphatic hydroxyl groups is 1. The van der Waals surface area contributed by atoms with Gasteiger partial charge in [0.1, 0.15) is 11.8 Å². The second-order valence-electron chi connectivity index (χ2n) is 10.9. The quantitative estimate of drug-likeness (QED) is 0.347. The average Bonchev–Trinajstić information content (AvgIpc) is 3.29. The Morgan fingerprint density at radius 3 is 2.46 bits per heavy atom. The Morgan fingerprint density at radius 1 is 1.05 bits per heavy atom. The number of phenols is 1. The molecule has 0 aromatic heterocycles. The number of benzene rings is 2. The number of nitrogens with one attached hydrogen (secondary N) is 2. The molecule has 3 unspecified atom stereocenters. The topological polar surface area (TPSA) is 122 Å². The summed E-state index contributed by atoms with van der Waals surface area (Å²) in [5.41, 5.74) is 1.14. The highest BCUT2D eigenvalue weighted by Crippen LogP contribution is 2.33. The number of likely N-dealkylation sites (tertiary alicyclic amines) is 2. The molecular weight excluding hydrogens is 534 g/mol. The molecule has 0 saturated carbocycles. The van der Waals surface area contributed by atoms with Gasteiger partial charge in [0.2, 0.25) is 5.91 Å². The molecule has 3 atom stereocenters. The van der Waals surface area contributed by atoms with Crippen LogP contribution in [-0.4, -0.2) is 94.6 Å². The van der Waals surface area contributed by atoms with Crippen molar-refractivity contribution in [1.29, 1.82) is 0 Å². The number of rotatable bonds is 10. The maximum atomic E-state index is 14.5. The Kier molecular flexibility index (Phi) is 9.93. The second-order valence-corrected chi connectivity index (χ2v) is 10.9. The molecular formula is C30H38F2N4O5. The van der Waals surface area contributed by atoms with Crippen LogP contribution >= 0.6 is 0 Å². The molecule has 3 amide bonds. The third-order valence-electron chi connectivity index (χ3n) is 7.83. The van der Waals surface area contributed by atoms with Crippen LogP contribution in [0.2, 0.25) is 0 Å². The maximum Gasteiger partial charge on any atom is 0.267 e. The Balaban J connectivity index is 1.49. The Morgan fingerprint density at radius 2 is 1.76 bits per heavy atom. The van der Waals surface area contributed by atoms with Gasteiger partial charge in [-0.05, 0) is 57.0 Å². The first-order chi connectivity index (χ1) is 19.6. The van der Waals surface area contributed by atoms with Gasteiger partial charge < -0.3 is 30.6 Å². The molecule has 4 rings (SSSR count). The van der Waals surface area contributed by atoms with Gasteiger partial charge in [-0.1, -0.05) is 42.8 Å². The second kappa shape index (κ2) is 13.4. The van der Waals surface area contributed by atoms with Gasteiger partial charge in [0.05, 0.1) is 12.6 Å². The Hall–Kier alpha value is -3.57. The third kappa shape index (κ3) is 7.80. The summed E-state index contributed by atoms with van der Waals surface area (Å²) in [4.78, 5) is 42.5. The molecule has 0 radical (unpaired) electrons. The van der Waals surface area contributed by atoms with E-state index in [1.165, 1.54) is 24.6 Å². The number of carbonyl (C=O) groups excluding carboxylic acids is 3. The van der Waals surface area contributed by atoms with Gasteiger partial charge in [0, 0.05) is 30.6 Å². The lowest BCUT2D eigenvalue weighted by Gasteiger charge is -2.30. The number of aromatic hydroxyl groups is 1. The number of alkyl halides is 2. The fourth-order valence-corrected chi connectivity index (χ4v) is 5.49. The first-order valence-electron chi connectivity index (χ1n) is 14.1. The fourth-order valence-electron chi connectivity index (χ4n) is 5.49. The van der Waals surface area contributed by atoms with E-state index in [0.717, 1.165) is 30.8 Å². The van der Waals surface area contributed by atoms with Crippen LogP contribution in [-0.2, 0) is 16.0 Å². The van der Waals surface area contributed by atoms with Crippen LogP contribution in [0.5, 0.6) is 5.75 Å². The van der Waals surface area contributed by atoms with Crippen LogP contribution in [0.15, 0.2) is 48.5 Å². The number of hydrogen-bond donors (Lipinski definition) is 4. The van der Waals surface area contributed by atoms with Crippen molar-refractivity contribution in [3.63, 3.8) is 0 Å². The van der Waals surface area contributed by atoms with Crippen molar-refractivity contribution in [2.75, 3.05) is 32.7 Å². The standard InChI is InChI=1S/C30H38F2N4O5/c1-20-22(11-8-12-25(20)37)27(39)34-23(17-21-9-4-2-5-10-21)26(38)29(41)36-19-30(31,32)18-24(36)28(40)33-13-16-35-14-6-3-7-15-35/h2,4-5,8-12,23-24,26,37-38H,3,6-7,13-19H2,1H3,(H,33,40)(H,34,39). The van der Waals surface area contributed by atoms with E-state index < -0.39 is 54.8 Å². The molecule has 2 aromatic carbocycles. The van der Waals surface area contributed by atoms with E-state index in [1.54, 1.807) is 37.3 Å². The SMILES string of the molecule is Cc1c(O)cccc1C(=O)NC(Cc1ccccc1)C(O)C(=O)N1CC(F)(F)CC1C(=O)NCCN1CCCCC1. The predicted molar refractivity (Wildman–Crippen MR) is 149 cm³/mol. The molecule has 11 heteroatoms. The van der Waals surface area contributed by atoms with E-state index in [4.69, 9.17) is 0 Å². The summed E-state index contributed by atoms with van der Waals surface area (Å²) < 4.78 is 29.1. The first-order valence-corrected chi connectivity index (χ1v) is 14.1. The number of phenolic OH excluding ortho intramolecular Hbond substituents is 1. The van der Waals surface area contributed by atoms with Crippen LogP contribution in [0.3, 0.4) is 0 Å².